The molecule has 2 aromatic carbocycles. The molecule has 0 spiro atoms. The van der Waals surface area contributed by atoms with Gasteiger partial charge in [0.15, 0.2) is 0 Å². The van der Waals surface area contributed by atoms with Crippen molar-refractivity contribution in [2.45, 2.75) is 0 Å². The molecule has 23 heavy (non-hydrogen) atoms. The molecule has 0 saturated carbocycles. The van der Waals surface area contributed by atoms with Crippen LogP contribution in [-0.2, 0) is 0 Å². The zero-order valence-corrected chi connectivity index (χ0v) is 12.4. The van der Waals surface area contributed by atoms with Crippen LogP contribution in [0.3, 0.4) is 0 Å². The predicted octanol–water partition coefficient (Wildman–Crippen LogP) is 3.12. The van der Waals surface area contributed by atoms with Gasteiger partial charge in [0.1, 0.15) is 23.9 Å². The van der Waals surface area contributed by atoms with Crippen molar-refractivity contribution in [3.63, 3.8) is 0 Å². The van der Waals surface area contributed by atoms with Gasteiger partial charge in [0, 0.05) is 13.1 Å². The van der Waals surface area contributed by atoms with Crippen molar-refractivity contribution < 1.29 is 14.1 Å². The molecule has 0 amide bonds. The van der Waals surface area contributed by atoms with Gasteiger partial charge in [-0.15, -0.1) is 0 Å². The van der Waals surface area contributed by atoms with Gasteiger partial charge >= 0.3 is 0 Å². The minimum Gasteiger partial charge on any atom is -0.492 e. The monoisotopic (exact) mass is 315 g/mol. The van der Waals surface area contributed by atoms with Crippen LogP contribution in [0.2, 0.25) is 0 Å². The fourth-order valence-corrected chi connectivity index (χ4v) is 2.01. The van der Waals surface area contributed by atoms with Crippen LogP contribution >= 0.6 is 0 Å². The van der Waals surface area contributed by atoms with Crippen molar-refractivity contribution in [2.24, 2.45) is 0 Å². The third-order valence-electron chi connectivity index (χ3n) is 3.22. The molecule has 0 fully saturated rings. The van der Waals surface area contributed by atoms with E-state index in [0.29, 0.717) is 18.0 Å². The average molecular weight is 315 g/mol. The van der Waals surface area contributed by atoms with Gasteiger partial charge in [-0.1, -0.05) is 0 Å². The Morgan fingerprint density at radius 3 is 2.61 bits per heavy atom. The smallest absolute Gasteiger partial charge is 0.293 e. The molecule has 0 saturated heterocycles. The maximum atomic E-state index is 12.8. The van der Waals surface area contributed by atoms with Crippen molar-refractivity contribution in [1.82, 2.24) is 0 Å². The van der Waals surface area contributed by atoms with E-state index in [1.54, 1.807) is 11.9 Å². The quantitative estimate of drug-likeness (QED) is 0.604. The summed E-state index contributed by atoms with van der Waals surface area (Å²) in [5, 5.41) is 20.0. The molecule has 0 aliphatic rings. The second-order valence-electron chi connectivity index (χ2n) is 4.80. The third kappa shape index (κ3) is 4.17. The van der Waals surface area contributed by atoms with Gasteiger partial charge in [-0.3, -0.25) is 10.1 Å². The first-order valence-electron chi connectivity index (χ1n) is 6.79. The number of halogens is 1. The first-order chi connectivity index (χ1) is 11.0. The van der Waals surface area contributed by atoms with Crippen molar-refractivity contribution >= 4 is 11.4 Å². The van der Waals surface area contributed by atoms with Gasteiger partial charge < -0.3 is 9.64 Å². The molecule has 0 bridgehead atoms. The summed E-state index contributed by atoms with van der Waals surface area (Å²) in [4.78, 5) is 12.3. The Morgan fingerprint density at radius 2 is 2.00 bits per heavy atom. The molecular formula is C16H14FN3O3. The minimum absolute atomic E-state index is 0.131. The third-order valence-corrected chi connectivity index (χ3v) is 3.22. The molecule has 2 rings (SSSR count). The van der Waals surface area contributed by atoms with Crippen LogP contribution in [0.5, 0.6) is 5.75 Å². The lowest BCUT2D eigenvalue weighted by Crippen LogP contribution is -2.24. The highest BCUT2D eigenvalue weighted by atomic mass is 19.1. The summed E-state index contributed by atoms with van der Waals surface area (Å²) in [5.41, 5.74) is 0.501. The molecule has 7 heteroatoms. The number of rotatable bonds is 6. The SMILES string of the molecule is CN(CCOc1ccc(F)cc1)c1ccc(C#N)cc1[N+](=O)[O-]. The Morgan fingerprint density at radius 1 is 1.30 bits per heavy atom. The summed E-state index contributed by atoms with van der Waals surface area (Å²) in [6.45, 7) is 0.670. The Hall–Kier alpha value is -3.14. The molecule has 0 aromatic heterocycles. The lowest BCUT2D eigenvalue weighted by Gasteiger charge is -2.19. The Labute approximate surface area is 132 Å². The first-order valence-corrected chi connectivity index (χ1v) is 6.79. The van der Waals surface area contributed by atoms with E-state index in [2.05, 4.69) is 0 Å². The van der Waals surface area contributed by atoms with Crippen molar-refractivity contribution in [3.8, 4) is 11.8 Å². The zero-order valence-electron chi connectivity index (χ0n) is 12.4. The van der Waals surface area contributed by atoms with Gasteiger partial charge in [0.2, 0.25) is 0 Å². The molecule has 0 N–H and O–H groups in total. The molecule has 0 aliphatic carbocycles. The number of hydrogen-bond acceptors (Lipinski definition) is 5. The number of benzene rings is 2. The maximum Gasteiger partial charge on any atom is 0.293 e. The topological polar surface area (TPSA) is 79.4 Å². The van der Waals surface area contributed by atoms with Crippen molar-refractivity contribution in [2.75, 3.05) is 25.1 Å². The van der Waals surface area contributed by atoms with E-state index >= 15 is 0 Å². The van der Waals surface area contributed by atoms with Gasteiger partial charge in [-0.2, -0.15) is 5.26 Å². The summed E-state index contributed by atoms with van der Waals surface area (Å²) < 4.78 is 18.3. The second-order valence-corrected chi connectivity index (χ2v) is 4.80. The van der Waals surface area contributed by atoms with E-state index in [0.717, 1.165) is 0 Å². The van der Waals surface area contributed by atoms with E-state index < -0.39 is 4.92 Å². The molecular weight excluding hydrogens is 301 g/mol. The van der Waals surface area contributed by atoms with Crippen LogP contribution < -0.4 is 9.64 Å². The minimum atomic E-state index is -0.520. The zero-order chi connectivity index (χ0) is 16.8. The molecule has 0 heterocycles. The van der Waals surface area contributed by atoms with Crippen LogP contribution in [0.4, 0.5) is 15.8 Å². The normalized spacial score (nSPS) is 9.96. The number of anilines is 1. The Balaban J connectivity index is 2.03. The molecule has 0 radical (unpaired) electrons. The van der Waals surface area contributed by atoms with Gasteiger partial charge in [-0.05, 0) is 36.4 Å². The largest absolute Gasteiger partial charge is 0.492 e. The van der Waals surface area contributed by atoms with Gasteiger partial charge in [0.25, 0.3) is 5.69 Å². The molecule has 118 valence electrons. The summed E-state index contributed by atoms with van der Waals surface area (Å²) in [5.74, 6) is 0.178. The summed E-state index contributed by atoms with van der Waals surface area (Å²) in [7, 11) is 1.70. The number of likely N-dealkylation sites (N-methyl/N-ethyl adjacent to an activating group) is 1. The number of nitriles is 1. The lowest BCUT2D eigenvalue weighted by atomic mass is 10.2. The predicted molar refractivity (Wildman–Crippen MR) is 83.0 cm³/mol. The van der Waals surface area contributed by atoms with E-state index in [-0.39, 0.29) is 23.7 Å². The van der Waals surface area contributed by atoms with Crippen molar-refractivity contribution in [1.29, 1.82) is 5.26 Å². The fourth-order valence-electron chi connectivity index (χ4n) is 2.01. The molecule has 0 unspecified atom stereocenters. The lowest BCUT2D eigenvalue weighted by molar-refractivity contribution is -0.384. The number of ether oxygens (including phenoxy) is 1. The Kier molecular flexibility index (Phi) is 5.10. The highest BCUT2D eigenvalue weighted by molar-refractivity contribution is 5.65. The standard InChI is InChI=1S/C16H14FN3O3/c1-19(8-9-23-14-5-3-13(17)4-6-14)15-7-2-12(11-18)10-16(15)20(21)22/h2-7,10H,8-9H2,1H3. The van der Waals surface area contributed by atoms with Crippen LogP contribution in [-0.4, -0.2) is 25.1 Å². The van der Waals surface area contributed by atoms with E-state index in [4.69, 9.17) is 10.00 Å². The first kappa shape index (κ1) is 16.2. The molecule has 0 atom stereocenters. The number of nitro benzene ring substituents is 1. The van der Waals surface area contributed by atoms with Crippen LogP contribution in [0.25, 0.3) is 0 Å². The second kappa shape index (κ2) is 7.22. The van der Waals surface area contributed by atoms with Gasteiger partial charge in [0.05, 0.1) is 23.1 Å². The summed E-state index contributed by atoms with van der Waals surface area (Å²) >= 11 is 0. The fraction of sp³-hybridized carbons (Fsp3) is 0.188. The van der Waals surface area contributed by atoms with Crippen LogP contribution in [0, 0.1) is 27.3 Å². The average Bonchev–Trinajstić information content (AvgIpc) is 2.55. The van der Waals surface area contributed by atoms with E-state index in [1.165, 1.54) is 42.5 Å². The summed E-state index contributed by atoms with van der Waals surface area (Å²) in [6, 6.07) is 11.8. The highest BCUT2D eigenvalue weighted by Crippen LogP contribution is 2.28. The van der Waals surface area contributed by atoms with Crippen LogP contribution in [0.15, 0.2) is 42.5 Å². The maximum absolute atomic E-state index is 12.8. The van der Waals surface area contributed by atoms with E-state index in [1.807, 2.05) is 6.07 Å². The molecule has 2 aromatic rings. The highest BCUT2D eigenvalue weighted by Gasteiger charge is 2.17. The number of hydrogen-bond donors (Lipinski definition) is 0. The Bertz CT molecular complexity index is 741. The molecule has 0 aliphatic heterocycles. The summed E-state index contributed by atoms with van der Waals surface area (Å²) in [6.07, 6.45) is 0. The van der Waals surface area contributed by atoms with Crippen molar-refractivity contribution in [3.05, 3.63) is 64.0 Å². The molecule has 6 nitrogen and oxygen atoms in total. The van der Waals surface area contributed by atoms with Gasteiger partial charge in [-0.25, -0.2) is 4.39 Å². The number of nitro groups is 1. The number of nitrogens with zero attached hydrogens (tertiary/aromatic N) is 3. The van der Waals surface area contributed by atoms with E-state index in [9.17, 15) is 14.5 Å². The van der Waals surface area contributed by atoms with Crippen LogP contribution in [0.1, 0.15) is 5.56 Å².